The Morgan fingerprint density at radius 3 is 2.60 bits per heavy atom. The van der Waals surface area contributed by atoms with Crippen molar-refractivity contribution in [3.05, 3.63) is 0 Å². The zero-order valence-electron chi connectivity index (χ0n) is 10.5. The molecule has 1 aliphatic carbocycles. The molecule has 1 rings (SSSR count). The second kappa shape index (κ2) is 7.24. The van der Waals surface area contributed by atoms with Gasteiger partial charge in [0.25, 0.3) is 0 Å². The van der Waals surface area contributed by atoms with Crippen LogP contribution in [-0.4, -0.2) is 26.8 Å². The number of ether oxygens (including phenoxy) is 1. The fraction of sp³-hybridized carbons (Fsp3) is 1.00. The molecule has 0 aromatic carbocycles. The Hall–Kier alpha value is -0.0800. The molecule has 0 spiro atoms. The molecule has 0 saturated heterocycles. The molecule has 0 aromatic rings. The lowest BCUT2D eigenvalue weighted by molar-refractivity contribution is 0.107. The number of unbranched alkanes of at least 4 members (excludes halogenated alkanes) is 2. The lowest BCUT2D eigenvalue weighted by atomic mass is 9.66. The molecule has 15 heavy (non-hydrogen) atoms. The van der Waals surface area contributed by atoms with E-state index in [1.807, 2.05) is 0 Å². The van der Waals surface area contributed by atoms with E-state index in [-0.39, 0.29) is 0 Å². The van der Waals surface area contributed by atoms with E-state index in [0.29, 0.717) is 5.41 Å². The van der Waals surface area contributed by atoms with Gasteiger partial charge in [-0.3, -0.25) is 0 Å². The number of methoxy groups -OCH3 is 1. The first-order valence-electron chi connectivity index (χ1n) is 6.53. The van der Waals surface area contributed by atoms with Crippen molar-refractivity contribution in [3.63, 3.8) is 0 Å². The maximum atomic E-state index is 5.04. The predicted octanol–water partition coefficient (Wildman–Crippen LogP) is 2.97. The van der Waals surface area contributed by atoms with Crippen LogP contribution in [0.25, 0.3) is 0 Å². The summed E-state index contributed by atoms with van der Waals surface area (Å²) in [6, 6.07) is 0. The molecule has 0 radical (unpaired) electrons. The standard InChI is InChI=1S/C13H27NO/c1-3-4-5-7-13(8-6-9-13)12-14-10-11-15-2/h14H,3-12H2,1-2H3. The van der Waals surface area contributed by atoms with Crippen molar-refractivity contribution in [1.29, 1.82) is 0 Å². The summed E-state index contributed by atoms with van der Waals surface area (Å²) in [5.41, 5.74) is 0.656. The summed E-state index contributed by atoms with van der Waals surface area (Å²) in [6.45, 7) is 5.33. The van der Waals surface area contributed by atoms with Crippen LogP contribution in [0, 0.1) is 5.41 Å². The molecule has 90 valence electrons. The predicted molar refractivity (Wildman–Crippen MR) is 65.2 cm³/mol. The molecule has 2 nitrogen and oxygen atoms in total. The lowest BCUT2D eigenvalue weighted by Gasteiger charge is -2.42. The minimum absolute atomic E-state index is 0.656. The van der Waals surface area contributed by atoms with Crippen molar-refractivity contribution in [2.75, 3.05) is 26.8 Å². The van der Waals surface area contributed by atoms with E-state index < -0.39 is 0 Å². The van der Waals surface area contributed by atoms with Gasteiger partial charge in [-0.05, 0) is 24.7 Å². The van der Waals surface area contributed by atoms with Crippen molar-refractivity contribution < 1.29 is 4.74 Å². The van der Waals surface area contributed by atoms with E-state index in [1.165, 1.54) is 51.5 Å². The smallest absolute Gasteiger partial charge is 0.0587 e. The Balaban J connectivity index is 2.09. The molecule has 0 heterocycles. The van der Waals surface area contributed by atoms with Gasteiger partial charge in [0.15, 0.2) is 0 Å². The van der Waals surface area contributed by atoms with Crippen LogP contribution in [0.2, 0.25) is 0 Å². The first-order chi connectivity index (χ1) is 7.33. The zero-order chi connectivity index (χ0) is 11.0. The van der Waals surface area contributed by atoms with Crippen LogP contribution in [-0.2, 0) is 4.74 Å². The molecular formula is C13H27NO. The van der Waals surface area contributed by atoms with E-state index in [4.69, 9.17) is 4.74 Å². The first-order valence-corrected chi connectivity index (χ1v) is 6.53. The Bertz CT molecular complexity index is 155. The second-order valence-corrected chi connectivity index (χ2v) is 4.98. The van der Waals surface area contributed by atoms with E-state index >= 15 is 0 Å². The third-order valence-electron chi connectivity index (χ3n) is 3.71. The highest BCUT2D eigenvalue weighted by atomic mass is 16.5. The fourth-order valence-corrected chi connectivity index (χ4v) is 2.47. The molecule has 0 amide bonds. The number of rotatable bonds is 9. The second-order valence-electron chi connectivity index (χ2n) is 4.98. The summed E-state index contributed by atoms with van der Waals surface area (Å²) < 4.78 is 5.04. The summed E-state index contributed by atoms with van der Waals surface area (Å²) in [4.78, 5) is 0. The monoisotopic (exact) mass is 213 g/mol. The van der Waals surface area contributed by atoms with Crippen molar-refractivity contribution in [2.24, 2.45) is 5.41 Å². The van der Waals surface area contributed by atoms with E-state index in [2.05, 4.69) is 12.2 Å². The van der Waals surface area contributed by atoms with Crippen molar-refractivity contribution in [1.82, 2.24) is 5.32 Å². The van der Waals surface area contributed by atoms with Gasteiger partial charge in [-0.2, -0.15) is 0 Å². The quantitative estimate of drug-likeness (QED) is 0.595. The molecule has 0 unspecified atom stereocenters. The highest BCUT2D eigenvalue weighted by Gasteiger charge is 2.35. The van der Waals surface area contributed by atoms with Crippen molar-refractivity contribution >= 4 is 0 Å². The largest absolute Gasteiger partial charge is 0.383 e. The summed E-state index contributed by atoms with van der Waals surface area (Å²) in [7, 11) is 1.77. The van der Waals surface area contributed by atoms with Gasteiger partial charge in [-0.25, -0.2) is 0 Å². The molecule has 1 N–H and O–H groups in total. The van der Waals surface area contributed by atoms with Gasteiger partial charge in [0.2, 0.25) is 0 Å². The first kappa shape index (κ1) is 13.0. The molecule has 0 aromatic heterocycles. The van der Waals surface area contributed by atoms with E-state index in [9.17, 15) is 0 Å². The van der Waals surface area contributed by atoms with Gasteiger partial charge in [-0.15, -0.1) is 0 Å². The molecule has 1 aliphatic rings. The van der Waals surface area contributed by atoms with Crippen molar-refractivity contribution in [3.8, 4) is 0 Å². The van der Waals surface area contributed by atoms with Gasteiger partial charge < -0.3 is 10.1 Å². The van der Waals surface area contributed by atoms with Gasteiger partial charge in [-0.1, -0.05) is 32.6 Å². The minimum Gasteiger partial charge on any atom is -0.383 e. The van der Waals surface area contributed by atoms with E-state index in [0.717, 1.165) is 13.2 Å². The zero-order valence-corrected chi connectivity index (χ0v) is 10.5. The SMILES string of the molecule is CCCCCC1(CNCCOC)CCC1. The van der Waals surface area contributed by atoms with Crippen LogP contribution >= 0.6 is 0 Å². The van der Waals surface area contributed by atoms with Gasteiger partial charge >= 0.3 is 0 Å². The third-order valence-corrected chi connectivity index (χ3v) is 3.71. The van der Waals surface area contributed by atoms with E-state index in [1.54, 1.807) is 7.11 Å². The molecular weight excluding hydrogens is 186 g/mol. The lowest BCUT2D eigenvalue weighted by Crippen LogP contribution is -2.40. The highest BCUT2D eigenvalue weighted by Crippen LogP contribution is 2.44. The molecule has 1 fully saturated rings. The molecule has 1 saturated carbocycles. The average molecular weight is 213 g/mol. The number of nitrogens with one attached hydrogen (secondary N) is 1. The van der Waals surface area contributed by atoms with Crippen LogP contribution < -0.4 is 5.32 Å². The minimum atomic E-state index is 0.656. The van der Waals surface area contributed by atoms with Crippen LogP contribution in [0.1, 0.15) is 51.9 Å². The Morgan fingerprint density at radius 1 is 1.27 bits per heavy atom. The van der Waals surface area contributed by atoms with Crippen LogP contribution in [0.15, 0.2) is 0 Å². The number of hydrogen-bond donors (Lipinski definition) is 1. The molecule has 0 aliphatic heterocycles. The summed E-state index contributed by atoms with van der Waals surface area (Å²) in [6.07, 6.45) is 9.92. The van der Waals surface area contributed by atoms with Gasteiger partial charge in [0, 0.05) is 20.2 Å². The Labute approximate surface area is 94.8 Å². The van der Waals surface area contributed by atoms with Gasteiger partial charge in [0.05, 0.1) is 6.61 Å². The topological polar surface area (TPSA) is 21.3 Å². The molecule has 0 bridgehead atoms. The van der Waals surface area contributed by atoms with Crippen LogP contribution in [0.5, 0.6) is 0 Å². The summed E-state index contributed by atoms with van der Waals surface area (Å²) >= 11 is 0. The van der Waals surface area contributed by atoms with Crippen molar-refractivity contribution in [2.45, 2.75) is 51.9 Å². The Kier molecular flexibility index (Phi) is 6.26. The summed E-state index contributed by atoms with van der Waals surface area (Å²) in [5.74, 6) is 0. The van der Waals surface area contributed by atoms with Crippen LogP contribution in [0.4, 0.5) is 0 Å². The number of hydrogen-bond acceptors (Lipinski definition) is 2. The Morgan fingerprint density at radius 2 is 2.07 bits per heavy atom. The maximum absolute atomic E-state index is 5.04. The molecule has 2 heteroatoms. The summed E-state index contributed by atoms with van der Waals surface area (Å²) in [5, 5.41) is 3.53. The van der Waals surface area contributed by atoms with Crippen LogP contribution in [0.3, 0.4) is 0 Å². The van der Waals surface area contributed by atoms with Gasteiger partial charge in [0.1, 0.15) is 0 Å². The average Bonchev–Trinajstić information content (AvgIpc) is 2.19. The fourth-order valence-electron chi connectivity index (χ4n) is 2.47. The third kappa shape index (κ3) is 4.52. The highest BCUT2D eigenvalue weighted by molar-refractivity contribution is 4.89. The maximum Gasteiger partial charge on any atom is 0.0587 e. The molecule has 0 atom stereocenters. The normalized spacial score (nSPS) is 18.8.